The third-order valence-electron chi connectivity index (χ3n) is 5.12. The van der Waals surface area contributed by atoms with Crippen LogP contribution in [0.4, 0.5) is 0 Å². The lowest BCUT2D eigenvalue weighted by Crippen LogP contribution is -2.38. The zero-order valence-electron chi connectivity index (χ0n) is 19.0. The summed E-state index contributed by atoms with van der Waals surface area (Å²) in [5.41, 5.74) is 1.33. The summed E-state index contributed by atoms with van der Waals surface area (Å²) in [5, 5.41) is 13.8. The van der Waals surface area contributed by atoms with Gasteiger partial charge in [0.2, 0.25) is 5.82 Å². The maximum Gasteiger partial charge on any atom is 0.216 e. The number of nitrogens with zero attached hydrogens (tertiary/aromatic N) is 4. The number of aliphatic imine (C=N–C) groups is 1. The Hall–Kier alpha value is -2.40. The summed E-state index contributed by atoms with van der Waals surface area (Å²) < 4.78 is 5.33. The van der Waals surface area contributed by atoms with Crippen LogP contribution in [0.25, 0.3) is 11.6 Å². The topological polar surface area (TPSA) is 94.4 Å². The molecular formula is C23H34IN7O. The molecule has 1 unspecified atom stereocenters. The summed E-state index contributed by atoms with van der Waals surface area (Å²) >= 11 is 0. The number of rotatable bonds is 11. The molecule has 3 aromatic rings. The van der Waals surface area contributed by atoms with Gasteiger partial charge in [-0.3, -0.25) is 15.0 Å². The van der Waals surface area contributed by atoms with Crippen molar-refractivity contribution in [3.8, 4) is 11.6 Å². The molecule has 0 fully saturated rings. The molecule has 1 atom stereocenters. The standard InChI is InChI=1S/C23H33N7O.HI/c1-4-24-23(25-14-12-18(2)30(3)17-19-9-6-5-7-10-19)26-15-13-21-27-22(29-28-21)20-11-8-16-31-20;/h5-11,16,18H,4,12-15,17H2,1-3H3,(H2,24,25,26)(H,27,28,29);1H. The quantitative estimate of drug-likeness (QED) is 0.191. The first-order valence-corrected chi connectivity index (χ1v) is 10.9. The predicted molar refractivity (Wildman–Crippen MR) is 139 cm³/mol. The second-order valence-corrected chi connectivity index (χ2v) is 7.56. The number of hydrogen-bond donors (Lipinski definition) is 3. The first kappa shape index (κ1) is 25.9. The molecule has 3 N–H and O–H groups in total. The van der Waals surface area contributed by atoms with Crippen LogP contribution in [0, 0.1) is 0 Å². The largest absolute Gasteiger partial charge is 0.461 e. The fourth-order valence-electron chi connectivity index (χ4n) is 3.17. The van der Waals surface area contributed by atoms with Gasteiger partial charge in [0.1, 0.15) is 5.82 Å². The van der Waals surface area contributed by atoms with Crippen molar-refractivity contribution < 1.29 is 4.42 Å². The number of halogens is 1. The highest BCUT2D eigenvalue weighted by Crippen LogP contribution is 2.14. The number of H-pyrrole nitrogens is 1. The number of aromatic nitrogens is 3. The molecule has 9 heteroatoms. The van der Waals surface area contributed by atoms with Crippen LogP contribution in [0.3, 0.4) is 0 Å². The molecule has 0 saturated heterocycles. The van der Waals surface area contributed by atoms with Gasteiger partial charge in [-0.2, -0.15) is 5.10 Å². The van der Waals surface area contributed by atoms with Crippen molar-refractivity contribution in [3.63, 3.8) is 0 Å². The van der Waals surface area contributed by atoms with Crippen molar-refractivity contribution >= 4 is 29.9 Å². The minimum Gasteiger partial charge on any atom is -0.461 e. The van der Waals surface area contributed by atoms with E-state index in [-0.39, 0.29) is 24.0 Å². The Balaban J connectivity index is 0.00000363. The van der Waals surface area contributed by atoms with Gasteiger partial charge in [-0.1, -0.05) is 30.3 Å². The Morgan fingerprint density at radius 3 is 2.72 bits per heavy atom. The monoisotopic (exact) mass is 551 g/mol. The Bertz CT molecular complexity index is 912. The average Bonchev–Trinajstić information content (AvgIpc) is 3.46. The molecule has 3 rings (SSSR count). The third kappa shape index (κ3) is 8.27. The molecule has 0 saturated carbocycles. The molecule has 2 heterocycles. The Labute approximate surface area is 207 Å². The molecule has 8 nitrogen and oxygen atoms in total. The molecule has 0 bridgehead atoms. The van der Waals surface area contributed by atoms with Gasteiger partial charge in [0.15, 0.2) is 11.7 Å². The van der Waals surface area contributed by atoms with Crippen LogP contribution in [0.15, 0.2) is 58.1 Å². The number of nitrogens with one attached hydrogen (secondary N) is 3. The molecule has 1 aromatic carbocycles. The molecule has 32 heavy (non-hydrogen) atoms. The van der Waals surface area contributed by atoms with E-state index in [1.165, 1.54) is 5.56 Å². The van der Waals surface area contributed by atoms with E-state index in [1.807, 2.05) is 12.1 Å². The van der Waals surface area contributed by atoms with E-state index < -0.39 is 0 Å². The minimum atomic E-state index is 0. The maximum atomic E-state index is 5.33. The van der Waals surface area contributed by atoms with Crippen molar-refractivity contribution in [3.05, 3.63) is 60.1 Å². The van der Waals surface area contributed by atoms with Gasteiger partial charge in [0.25, 0.3) is 0 Å². The number of guanidine groups is 1. The van der Waals surface area contributed by atoms with Gasteiger partial charge >= 0.3 is 0 Å². The van der Waals surface area contributed by atoms with Crippen molar-refractivity contribution in [2.45, 2.75) is 39.3 Å². The van der Waals surface area contributed by atoms with Crippen molar-refractivity contribution in [1.29, 1.82) is 0 Å². The summed E-state index contributed by atoms with van der Waals surface area (Å²) in [6.45, 7) is 7.56. The van der Waals surface area contributed by atoms with Crippen molar-refractivity contribution in [2.24, 2.45) is 4.99 Å². The van der Waals surface area contributed by atoms with E-state index in [2.05, 4.69) is 81.9 Å². The number of aromatic amines is 1. The number of benzene rings is 1. The van der Waals surface area contributed by atoms with Crippen molar-refractivity contribution in [2.75, 3.05) is 26.7 Å². The van der Waals surface area contributed by atoms with Crippen LogP contribution in [0.2, 0.25) is 0 Å². The highest BCUT2D eigenvalue weighted by atomic mass is 127. The lowest BCUT2D eigenvalue weighted by Gasteiger charge is -2.24. The molecule has 0 radical (unpaired) electrons. The lowest BCUT2D eigenvalue weighted by molar-refractivity contribution is 0.240. The average molecular weight is 551 g/mol. The molecular weight excluding hydrogens is 517 g/mol. The normalized spacial score (nSPS) is 12.4. The maximum absolute atomic E-state index is 5.33. The summed E-state index contributed by atoms with van der Waals surface area (Å²) in [5.74, 6) is 2.88. The smallest absolute Gasteiger partial charge is 0.216 e. The zero-order valence-corrected chi connectivity index (χ0v) is 21.4. The molecule has 0 spiro atoms. The van der Waals surface area contributed by atoms with Crippen LogP contribution in [0.5, 0.6) is 0 Å². The van der Waals surface area contributed by atoms with E-state index >= 15 is 0 Å². The third-order valence-corrected chi connectivity index (χ3v) is 5.12. The van der Waals surface area contributed by atoms with E-state index in [1.54, 1.807) is 6.26 Å². The Morgan fingerprint density at radius 2 is 2.00 bits per heavy atom. The highest BCUT2D eigenvalue weighted by Gasteiger charge is 2.10. The van der Waals surface area contributed by atoms with Crippen LogP contribution in [-0.4, -0.2) is 58.8 Å². The summed E-state index contributed by atoms with van der Waals surface area (Å²) in [6.07, 6.45) is 3.33. The van der Waals surface area contributed by atoms with E-state index in [9.17, 15) is 0 Å². The minimum absolute atomic E-state index is 0. The molecule has 174 valence electrons. The van der Waals surface area contributed by atoms with Crippen LogP contribution in [-0.2, 0) is 13.0 Å². The lowest BCUT2D eigenvalue weighted by atomic mass is 10.1. The Kier molecular flexibility index (Phi) is 11.2. The summed E-state index contributed by atoms with van der Waals surface area (Å²) in [7, 11) is 2.17. The molecule has 0 aliphatic carbocycles. The van der Waals surface area contributed by atoms with Gasteiger partial charge < -0.3 is 15.1 Å². The Morgan fingerprint density at radius 1 is 1.19 bits per heavy atom. The van der Waals surface area contributed by atoms with E-state index in [4.69, 9.17) is 9.41 Å². The molecule has 2 aromatic heterocycles. The SMILES string of the molecule is CCNC(=NCCC(C)N(C)Cc1ccccc1)NCCc1nc(-c2ccco2)n[nH]1.I. The second kappa shape index (κ2) is 13.9. The summed E-state index contributed by atoms with van der Waals surface area (Å²) in [6, 6.07) is 14.7. The van der Waals surface area contributed by atoms with Crippen molar-refractivity contribution in [1.82, 2.24) is 30.7 Å². The van der Waals surface area contributed by atoms with Crippen LogP contribution < -0.4 is 10.6 Å². The highest BCUT2D eigenvalue weighted by molar-refractivity contribution is 14.0. The fourth-order valence-corrected chi connectivity index (χ4v) is 3.17. The second-order valence-electron chi connectivity index (χ2n) is 7.56. The first-order chi connectivity index (χ1) is 15.2. The zero-order chi connectivity index (χ0) is 21.9. The van der Waals surface area contributed by atoms with Gasteiger partial charge in [0.05, 0.1) is 6.26 Å². The molecule has 0 amide bonds. The van der Waals surface area contributed by atoms with E-state index in [0.29, 0.717) is 30.6 Å². The van der Waals surface area contributed by atoms with Gasteiger partial charge in [-0.25, -0.2) is 4.98 Å². The van der Waals surface area contributed by atoms with Gasteiger partial charge in [-0.05, 0) is 45.0 Å². The van der Waals surface area contributed by atoms with E-state index in [0.717, 1.165) is 37.8 Å². The summed E-state index contributed by atoms with van der Waals surface area (Å²) in [4.78, 5) is 11.6. The first-order valence-electron chi connectivity index (χ1n) is 10.9. The molecule has 0 aliphatic rings. The fraction of sp³-hybridized carbons (Fsp3) is 0.435. The number of furan rings is 1. The predicted octanol–water partition coefficient (Wildman–Crippen LogP) is 3.69. The van der Waals surface area contributed by atoms with Crippen LogP contribution >= 0.6 is 24.0 Å². The molecule has 0 aliphatic heterocycles. The van der Waals surface area contributed by atoms with Gasteiger partial charge in [0, 0.05) is 38.6 Å². The number of hydrogen-bond acceptors (Lipinski definition) is 5. The van der Waals surface area contributed by atoms with Crippen LogP contribution in [0.1, 0.15) is 31.7 Å². The van der Waals surface area contributed by atoms with Gasteiger partial charge in [-0.15, -0.1) is 24.0 Å².